The highest BCUT2D eigenvalue weighted by Crippen LogP contribution is 2.34. The van der Waals surface area contributed by atoms with Crippen LogP contribution < -0.4 is 16.3 Å². The normalized spacial score (nSPS) is 22.4. The molecule has 4 heteroatoms. The molecule has 3 rings (SSSR count). The van der Waals surface area contributed by atoms with Crippen LogP contribution in [0.5, 0.6) is 0 Å². The van der Waals surface area contributed by atoms with Gasteiger partial charge in [-0.15, -0.1) is 0 Å². The fraction of sp³-hybridized carbons (Fsp3) is 0.368. The van der Waals surface area contributed by atoms with E-state index in [0.717, 1.165) is 13.0 Å². The lowest BCUT2D eigenvalue weighted by Gasteiger charge is -2.27. The average Bonchev–Trinajstić information content (AvgIpc) is 3.10. The summed E-state index contributed by atoms with van der Waals surface area (Å²) in [5.41, 5.74) is 10.3. The largest absolute Gasteiger partial charge is 0.366 e. The molecule has 1 aromatic carbocycles. The zero-order valence-electron chi connectivity index (χ0n) is 14.0. The smallest absolute Gasteiger partial charge is 0.0640 e. The van der Waals surface area contributed by atoms with Crippen molar-refractivity contribution in [1.29, 1.82) is 0 Å². The molecule has 0 spiro atoms. The first-order chi connectivity index (χ1) is 11.0. The summed E-state index contributed by atoms with van der Waals surface area (Å²) in [6, 6.07) is 13.5. The Bertz CT molecular complexity index is 803. The quantitative estimate of drug-likeness (QED) is 0.757. The van der Waals surface area contributed by atoms with Crippen LogP contribution in [0.4, 0.5) is 0 Å². The third-order valence-electron chi connectivity index (χ3n) is 4.65. The lowest BCUT2D eigenvalue weighted by Crippen LogP contribution is -2.35. The highest BCUT2D eigenvalue weighted by Gasteiger charge is 2.31. The number of halogens is 1. The number of hydrogen-bond acceptors (Lipinski definition) is 2. The predicted molar refractivity (Wildman–Crippen MR) is 105 cm³/mol. The van der Waals surface area contributed by atoms with E-state index in [-0.39, 0.29) is 6.04 Å². The Balaban J connectivity index is 2.13. The van der Waals surface area contributed by atoms with Gasteiger partial charge >= 0.3 is 0 Å². The summed E-state index contributed by atoms with van der Waals surface area (Å²) in [4.78, 5) is 2.48. The summed E-state index contributed by atoms with van der Waals surface area (Å²) in [5, 5.41) is 2.62. The Morgan fingerprint density at radius 2 is 1.83 bits per heavy atom. The van der Waals surface area contributed by atoms with Crippen molar-refractivity contribution in [1.82, 2.24) is 7.68 Å². The van der Waals surface area contributed by atoms with E-state index in [9.17, 15) is 0 Å². The predicted octanol–water partition coefficient (Wildman–Crippen LogP) is 2.78. The maximum Gasteiger partial charge on any atom is 0.0640 e. The minimum atomic E-state index is 0.229. The fourth-order valence-electron chi connectivity index (χ4n) is 3.57. The number of benzene rings is 1. The van der Waals surface area contributed by atoms with Gasteiger partial charge in [0, 0.05) is 29.7 Å². The zero-order chi connectivity index (χ0) is 16.6. The molecule has 1 saturated heterocycles. The van der Waals surface area contributed by atoms with Gasteiger partial charge in [-0.25, -0.2) is 0 Å². The van der Waals surface area contributed by atoms with Crippen molar-refractivity contribution in [3.8, 4) is 0 Å². The molecular formula is C19H24IN3. The van der Waals surface area contributed by atoms with Crippen LogP contribution in [0.1, 0.15) is 38.8 Å². The van der Waals surface area contributed by atoms with Crippen LogP contribution in [0.25, 0.3) is 11.3 Å². The molecule has 2 heterocycles. The molecule has 0 bridgehead atoms. The van der Waals surface area contributed by atoms with Crippen molar-refractivity contribution in [2.24, 2.45) is 5.73 Å². The molecule has 2 unspecified atom stereocenters. The van der Waals surface area contributed by atoms with E-state index in [1.54, 1.807) is 0 Å². The third kappa shape index (κ3) is 3.19. The summed E-state index contributed by atoms with van der Waals surface area (Å²) in [7, 11) is 0. The van der Waals surface area contributed by atoms with E-state index < -0.39 is 0 Å². The standard InChI is InChI=1S/C19H24IN3/c1-13(2)19-17(9-10-23(19)20)14(3)22-12-16(21)11-18(22)15-7-5-4-6-8-15/h4-10,16,18H,11-12,21H2,1-3H3/b17-14+. The molecule has 122 valence electrons. The number of hydrogen-bond donors (Lipinski definition) is 1. The Hall–Kier alpha value is -1.27. The highest BCUT2D eigenvalue weighted by atomic mass is 127. The minimum absolute atomic E-state index is 0.229. The Kier molecular flexibility index (Phi) is 4.82. The van der Waals surface area contributed by atoms with E-state index >= 15 is 0 Å². The summed E-state index contributed by atoms with van der Waals surface area (Å²) in [6.07, 6.45) is 3.14. The van der Waals surface area contributed by atoms with E-state index in [0.29, 0.717) is 6.04 Å². The number of nitrogens with zero attached hydrogens (tertiary/aromatic N) is 2. The van der Waals surface area contributed by atoms with Crippen LogP contribution in [0.15, 0.2) is 42.6 Å². The summed E-state index contributed by atoms with van der Waals surface area (Å²) in [6.45, 7) is 7.49. The Labute approximate surface area is 152 Å². The van der Waals surface area contributed by atoms with Gasteiger partial charge in [-0.1, -0.05) is 35.9 Å². The zero-order valence-corrected chi connectivity index (χ0v) is 16.1. The van der Waals surface area contributed by atoms with Gasteiger partial charge in [-0.2, -0.15) is 0 Å². The maximum absolute atomic E-state index is 6.30. The first-order valence-corrected chi connectivity index (χ1v) is 9.04. The molecular weight excluding hydrogens is 397 g/mol. The summed E-state index contributed by atoms with van der Waals surface area (Å²) in [5.74, 6) is 0. The second kappa shape index (κ2) is 6.69. The van der Waals surface area contributed by atoms with E-state index in [1.165, 1.54) is 27.4 Å². The molecule has 1 aliphatic rings. The van der Waals surface area contributed by atoms with Gasteiger partial charge in [0.2, 0.25) is 0 Å². The van der Waals surface area contributed by atoms with Gasteiger partial charge in [0.15, 0.2) is 0 Å². The Morgan fingerprint density at radius 1 is 1.13 bits per heavy atom. The lowest BCUT2D eigenvalue weighted by atomic mass is 10.0. The van der Waals surface area contributed by atoms with Gasteiger partial charge < -0.3 is 10.6 Å². The molecule has 23 heavy (non-hydrogen) atoms. The number of likely N-dealkylation sites (tertiary alicyclic amines) is 1. The van der Waals surface area contributed by atoms with E-state index in [2.05, 4.69) is 93.9 Å². The summed E-state index contributed by atoms with van der Waals surface area (Å²) < 4.78 is 2.18. The van der Waals surface area contributed by atoms with Crippen LogP contribution in [-0.2, 0) is 0 Å². The van der Waals surface area contributed by atoms with Crippen molar-refractivity contribution in [2.45, 2.75) is 39.3 Å². The summed E-state index contributed by atoms with van der Waals surface area (Å²) >= 11 is 2.35. The molecule has 2 N–H and O–H groups in total. The molecule has 2 atom stereocenters. The average molecular weight is 421 g/mol. The van der Waals surface area contributed by atoms with E-state index in [4.69, 9.17) is 5.73 Å². The number of aromatic nitrogens is 1. The van der Waals surface area contributed by atoms with Gasteiger partial charge in [0.1, 0.15) is 0 Å². The first-order valence-electron chi connectivity index (χ1n) is 8.08. The van der Waals surface area contributed by atoms with E-state index in [1.807, 2.05) is 0 Å². The van der Waals surface area contributed by atoms with Crippen LogP contribution in [0.2, 0.25) is 0 Å². The van der Waals surface area contributed by atoms with Gasteiger partial charge in [-0.3, -0.25) is 2.78 Å². The molecule has 0 amide bonds. The van der Waals surface area contributed by atoms with Gasteiger partial charge in [-0.05, 0) is 38.8 Å². The molecule has 1 aromatic heterocycles. The molecule has 2 aromatic rings. The van der Waals surface area contributed by atoms with Crippen LogP contribution in [-0.4, -0.2) is 20.3 Å². The van der Waals surface area contributed by atoms with Crippen LogP contribution in [0, 0.1) is 0 Å². The lowest BCUT2D eigenvalue weighted by molar-refractivity contribution is 0.372. The SMILES string of the molecule is CC(C)=c1/c(=C(\C)N2CC(N)CC2c2ccccc2)ccn1I. The second-order valence-electron chi connectivity index (χ2n) is 6.55. The van der Waals surface area contributed by atoms with Crippen molar-refractivity contribution >= 4 is 34.1 Å². The second-order valence-corrected chi connectivity index (χ2v) is 7.59. The highest BCUT2D eigenvalue weighted by molar-refractivity contribution is 14.1. The monoisotopic (exact) mass is 421 g/mol. The van der Waals surface area contributed by atoms with Crippen molar-refractivity contribution < 1.29 is 0 Å². The molecule has 3 nitrogen and oxygen atoms in total. The fourth-order valence-corrected chi connectivity index (χ4v) is 4.47. The van der Waals surface area contributed by atoms with Crippen LogP contribution in [0.3, 0.4) is 0 Å². The topological polar surface area (TPSA) is 34.2 Å². The molecule has 1 fully saturated rings. The van der Waals surface area contributed by atoms with Crippen molar-refractivity contribution in [3.05, 3.63) is 58.7 Å². The minimum Gasteiger partial charge on any atom is -0.366 e. The number of rotatable bonds is 2. The first kappa shape index (κ1) is 16.6. The molecule has 1 aliphatic heterocycles. The number of nitrogens with two attached hydrogens (primary N) is 1. The maximum atomic E-state index is 6.30. The van der Waals surface area contributed by atoms with Crippen molar-refractivity contribution in [2.75, 3.05) is 6.54 Å². The van der Waals surface area contributed by atoms with Crippen molar-refractivity contribution in [3.63, 3.8) is 0 Å². The molecule has 0 aliphatic carbocycles. The van der Waals surface area contributed by atoms with Gasteiger partial charge in [0.25, 0.3) is 0 Å². The molecule has 0 saturated carbocycles. The van der Waals surface area contributed by atoms with Crippen LogP contribution >= 0.6 is 22.9 Å². The Morgan fingerprint density at radius 3 is 2.48 bits per heavy atom. The molecule has 0 radical (unpaired) electrons. The van der Waals surface area contributed by atoms with Gasteiger partial charge in [0.05, 0.1) is 34.3 Å². The third-order valence-corrected chi connectivity index (χ3v) is 5.46.